The average molecular weight is 202 g/mol. The standard InChI is InChI=1S/C9H14O5/c1-4-2-5(8(11)12)6(9(13)14)3-7(4)10/h4-7,10H,2-3H2,1H3,(H,11,12)(H,13,14). The molecule has 3 N–H and O–H groups in total. The Kier molecular flexibility index (Phi) is 3.10. The zero-order valence-corrected chi connectivity index (χ0v) is 7.88. The van der Waals surface area contributed by atoms with E-state index in [0.29, 0.717) is 0 Å². The third-order valence-electron chi connectivity index (χ3n) is 2.90. The third kappa shape index (κ3) is 2.04. The van der Waals surface area contributed by atoms with Crippen molar-refractivity contribution in [2.75, 3.05) is 0 Å². The Bertz CT molecular complexity index is 224. The van der Waals surface area contributed by atoms with Crippen LogP contribution in [0.15, 0.2) is 0 Å². The van der Waals surface area contributed by atoms with Crippen LogP contribution >= 0.6 is 0 Å². The number of carbonyl (C=O) groups is 2. The smallest absolute Gasteiger partial charge is 0.307 e. The summed E-state index contributed by atoms with van der Waals surface area (Å²) in [4.78, 5) is 21.5. The highest BCUT2D eigenvalue weighted by molar-refractivity contribution is 5.80. The first-order chi connectivity index (χ1) is 6.43. The van der Waals surface area contributed by atoms with Gasteiger partial charge in [0.25, 0.3) is 0 Å². The summed E-state index contributed by atoms with van der Waals surface area (Å²) in [6, 6.07) is 0. The Morgan fingerprint density at radius 2 is 1.50 bits per heavy atom. The van der Waals surface area contributed by atoms with Crippen molar-refractivity contribution in [1.82, 2.24) is 0 Å². The van der Waals surface area contributed by atoms with Crippen molar-refractivity contribution < 1.29 is 24.9 Å². The minimum absolute atomic E-state index is 0.0352. The molecule has 1 rings (SSSR count). The van der Waals surface area contributed by atoms with Gasteiger partial charge in [-0.25, -0.2) is 0 Å². The summed E-state index contributed by atoms with van der Waals surface area (Å²) in [6.07, 6.45) is -0.437. The second kappa shape index (κ2) is 3.96. The van der Waals surface area contributed by atoms with Crippen LogP contribution < -0.4 is 0 Å². The van der Waals surface area contributed by atoms with Gasteiger partial charge in [-0.05, 0) is 18.8 Å². The lowest BCUT2D eigenvalue weighted by molar-refractivity contribution is -0.159. The highest BCUT2D eigenvalue weighted by Gasteiger charge is 2.41. The monoisotopic (exact) mass is 202 g/mol. The summed E-state index contributed by atoms with van der Waals surface area (Å²) < 4.78 is 0. The van der Waals surface area contributed by atoms with Crippen molar-refractivity contribution >= 4 is 11.9 Å². The Balaban J connectivity index is 2.80. The van der Waals surface area contributed by atoms with E-state index in [2.05, 4.69) is 0 Å². The summed E-state index contributed by atoms with van der Waals surface area (Å²) in [5, 5.41) is 27.0. The maximum Gasteiger partial charge on any atom is 0.307 e. The van der Waals surface area contributed by atoms with Crippen molar-refractivity contribution in [3.8, 4) is 0 Å². The molecule has 5 heteroatoms. The van der Waals surface area contributed by atoms with Gasteiger partial charge in [0.1, 0.15) is 0 Å². The fraction of sp³-hybridized carbons (Fsp3) is 0.778. The number of aliphatic carboxylic acids is 2. The van der Waals surface area contributed by atoms with Crippen LogP contribution in [0.4, 0.5) is 0 Å². The molecular weight excluding hydrogens is 188 g/mol. The lowest BCUT2D eigenvalue weighted by Crippen LogP contribution is -2.41. The summed E-state index contributed by atoms with van der Waals surface area (Å²) >= 11 is 0. The zero-order valence-electron chi connectivity index (χ0n) is 7.88. The van der Waals surface area contributed by atoms with Crippen LogP contribution in [0.2, 0.25) is 0 Å². The van der Waals surface area contributed by atoms with E-state index in [1.807, 2.05) is 0 Å². The summed E-state index contributed by atoms with van der Waals surface area (Å²) in [7, 11) is 0. The molecule has 4 unspecified atom stereocenters. The van der Waals surface area contributed by atoms with Crippen LogP contribution in [0, 0.1) is 17.8 Å². The van der Waals surface area contributed by atoms with Crippen LogP contribution in [0.3, 0.4) is 0 Å². The summed E-state index contributed by atoms with van der Waals surface area (Å²) in [5.41, 5.74) is 0. The second-order valence-electron chi connectivity index (χ2n) is 3.91. The van der Waals surface area contributed by atoms with E-state index < -0.39 is 29.9 Å². The minimum atomic E-state index is -1.14. The van der Waals surface area contributed by atoms with E-state index in [9.17, 15) is 14.7 Å². The van der Waals surface area contributed by atoms with Gasteiger partial charge in [-0.2, -0.15) is 0 Å². The quantitative estimate of drug-likeness (QED) is 0.593. The molecule has 80 valence electrons. The zero-order chi connectivity index (χ0) is 10.9. The van der Waals surface area contributed by atoms with Crippen molar-refractivity contribution in [3.05, 3.63) is 0 Å². The van der Waals surface area contributed by atoms with Crippen LogP contribution in [-0.2, 0) is 9.59 Å². The Hall–Kier alpha value is -1.10. The van der Waals surface area contributed by atoms with Crippen LogP contribution in [0.1, 0.15) is 19.8 Å². The average Bonchev–Trinajstić information content (AvgIpc) is 2.08. The third-order valence-corrected chi connectivity index (χ3v) is 2.90. The van der Waals surface area contributed by atoms with E-state index in [0.717, 1.165) is 0 Å². The second-order valence-corrected chi connectivity index (χ2v) is 3.91. The molecule has 0 aromatic heterocycles. The van der Waals surface area contributed by atoms with E-state index >= 15 is 0 Å². The molecule has 1 fully saturated rings. The van der Waals surface area contributed by atoms with Crippen molar-refractivity contribution in [3.63, 3.8) is 0 Å². The van der Waals surface area contributed by atoms with Crippen LogP contribution in [-0.4, -0.2) is 33.4 Å². The molecule has 0 aromatic carbocycles. The van der Waals surface area contributed by atoms with Crippen LogP contribution in [0.5, 0.6) is 0 Å². The van der Waals surface area contributed by atoms with E-state index in [4.69, 9.17) is 10.2 Å². The van der Waals surface area contributed by atoms with Gasteiger partial charge in [-0.1, -0.05) is 6.92 Å². The van der Waals surface area contributed by atoms with Gasteiger partial charge in [0.05, 0.1) is 17.9 Å². The molecule has 0 radical (unpaired) electrons. The van der Waals surface area contributed by atoms with Gasteiger partial charge in [0, 0.05) is 0 Å². The highest BCUT2D eigenvalue weighted by Crippen LogP contribution is 2.34. The summed E-state index contributed by atoms with van der Waals surface area (Å²) in [6.45, 7) is 1.73. The van der Waals surface area contributed by atoms with E-state index in [-0.39, 0.29) is 18.8 Å². The molecule has 0 heterocycles. The Labute approximate surface area is 81.4 Å². The first-order valence-corrected chi connectivity index (χ1v) is 4.57. The van der Waals surface area contributed by atoms with Gasteiger partial charge in [-0.3, -0.25) is 9.59 Å². The van der Waals surface area contributed by atoms with E-state index in [1.165, 1.54) is 0 Å². The topological polar surface area (TPSA) is 94.8 Å². The van der Waals surface area contributed by atoms with Gasteiger partial charge in [0.15, 0.2) is 0 Å². The molecule has 0 aliphatic heterocycles. The fourth-order valence-electron chi connectivity index (χ4n) is 1.92. The number of aliphatic hydroxyl groups excluding tert-OH is 1. The maximum absolute atomic E-state index is 10.8. The first kappa shape index (κ1) is 11.0. The highest BCUT2D eigenvalue weighted by atomic mass is 16.4. The van der Waals surface area contributed by atoms with Crippen molar-refractivity contribution in [2.45, 2.75) is 25.9 Å². The van der Waals surface area contributed by atoms with Crippen molar-refractivity contribution in [1.29, 1.82) is 0 Å². The predicted octanol–water partition coefficient (Wildman–Crippen LogP) is 0.179. The molecule has 0 aromatic rings. The lowest BCUT2D eigenvalue weighted by Gasteiger charge is -2.33. The van der Waals surface area contributed by atoms with Gasteiger partial charge in [0.2, 0.25) is 0 Å². The number of aliphatic hydroxyl groups is 1. The largest absolute Gasteiger partial charge is 0.481 e. The number of carboxylic acids is 2. The molecule has 5 nitrogen and oxygen atoms in total. The fourth-order valence-corrected chi connectivity index (χ4v) is 1.92. The van der Waals surface area contributed by atoms with Gasteiger partial charge < -0.3 is 15.3 Å². The first-order valence-electron chi connectivity index (χ1n) is 4.57. The maximum atomic E-state index is 10.8. The Morgan fingerprint density at radius 1 is 1.07 bits per heavy atom. The predicted molar refractivity (Wildman–Crippen MR) is 46.7 cm³/mol. The number of hydrogen-bond acceptors (Lipinski definition) is 3. The molecule has 0 saturated heterocycles. The Morgan fingerprint density at radius 3 is 1.93 bits per heavy atom. The molecular formula is C9H14O5. The SMILES string of the molecule is CC1CC(C(=O)O)C(C(=O)O)CC1O. The number of hydrogen-bond donors (Lipinski definition) is 3. The lowest BCUT2D eigenvalue weighted by atomic mass is 9.73. The summed E-state index contributed by atoms with van der Waals surface area (Å²) in [5.74, 6) is -4.20. The number of carboxylic acid groups (broad SMARTS) is 2. The molecule has 0 bridgehead atoms. The minimum Gasteiger partial charge on any atom is -0.481 e. The van der Waals surface area contributed by atoms with Gasteiger partial charge >= 0.3 is 11.9 Å². The molecule has 4 atom stereocenters. The molecule has 14 heavy (non-hydrogen) atoms. The van der Waals surface area contributed by atoms with Crippen molar-refractivity contribution in [2.24, 2.45) is 17.8 Å². The molecule has 1 aliphatic rings. The normalized spacial score (nSPS) is 37.9. The molecule has 1 aliphatic carbocycles. The number of rotatable bonds is 2. The molecule has 0 spiro atoms. The molecule has 1 saturated carbocycles. The van der Waals surface area contributed by atoms with Crippen LogP contribution in [0.25, 0.3) is 0 Å². The van der Waals surface area contributed by atoms with Gasteiger partial charge in [-0.15, -0.1) is 0 Å². The van der Waals surface area contributed by atoms with E-state index in [1.54, 1.807) is 6.92 Å². The molecule has 0 amide bonds.